The summed E-state index contributed by atoms with van der Waals surface area (Å²) in [7, 11) is 0. The van der Waals surface area contributed by atoms with Crippen LogP contribution in [0.25, 0.3) is 0 Å². The lowest BCUT2D eigenvalue weighted by atomic mass is 10.1. The van der Waals surface area contributed by atoms with Gasteiger partial charge in [0, 0.05) is 23.2 Å². The first-order chi connectivity index (χ1) is 6.52. The molecule has 0 aliphatic heterocycles. The highest BCUT2D eigenvalue weighted by Crippen LogP contribution is 2.18. The maximum atomic E-state index is 10.9. The summed E-state index contributed by atoms with van der Waals surface area (Å²) in [6.07, 6.45) is 1.30. The van der Waals surface area contributed by atoms with Crippen molar-refractivity contribution in [3.63, 3.8) is 0 Å². The van der Waals surface area contributed by atoms with Crippen LogP contribution in [0.15, 0.2) is 12.3 Å². The van der Waals surface area contributed by atoms with E-state index in [1.54, 1.807) is 0 Å². The Kier molecular flexibility index (Phi) is 3.19. The van der Waals surface area contributed by atoms with E-state index >= 15 is 0 Å². The number of hydrogen-bond donors (Lipinski definition) is 1. The zero-order valence-electron chi connectivity index (χ0n) is 7.45. The number of aromatic carboxylic acids is 1. The smallest absolute Gasteiger partial charge is 0.354 e. The van der Waals surface area contributed by atoms with E-state index in [0.717, 1.165) is 0 Å². The average molecular weight is 214 g/mol. The van der Waals surface area contributed by atoms with Gasteiger partial charge in [0.25, 0.3) is 0 Å². The summed E-state index contributed by atoms with van der Waals surface area (Å²) in [4.78, 5) is 25.2. The first-order valence-electron chi connectivity index (χ1n) is 3.88. The van der Waals surface area contributed by atoms with Crippen LogP contribution in [0.2, 0.25) is 5.02 Å². The Morgan fingerprint density at radius 3 is 2.71 bits per heavy atom. The van der Waals surface area contributed by atoms with Gasteiger partial charge in [0.15, 0.2) is 5.69 Å². The van der Waals surface area contributed by atoms with Crippen molar-refractivity contribution >= 4 is 23.4 Å². The molecule has 0 aliphatic carbocycles. The van der Waals surface area contributed by atoms with Crippen LogP contribution < -0.4 is 0 Å². The molecule has 74 valence electrons. The molecule has 0 aromatic carbocycles. The molecule has 0 fully saturated rings. The van der Waals surface area contributed by atoms with E-state index in [-0.39, 0.29) is 28.5 Å². The van der Waals surface area contributed by atoms with E-state index in [4.69, 9.17) is 16.7 Å². The number of pyridine rings is 1. The number of nitrogens with zero attached hydrogens (tertiary/aromatic N) is 1. The van der Waals surface area contributed by atoms with Crippen LogP contribution in [0.4, 0.5) is 0 Å². The average Bonchev–Trinajstić information content (AvgIpc) is 2.07. The van der Waals surface area contributed by atoms with Crippen LogP contribution in [-0.4, -0.2) is 21.8 Å². The van der Waals surface area contributed by atoms with Gasteiger partial charge in [-0.2, -0.15) is 0 Å². The van der Waals surface area contributed by atoms with Crippen molar-refractivity contribution in [2.24, 2.45) is 0 Å². The van der Waals surface area contributed by atoms with Gasteiger partial charge >= 0.3 is 5.97 Å². The fourth-order valence-electron chi connectivity index (χ4n) is 1.07. The lowest BCUT2D eigenvalue weighted by Gasteiger charge is -2.04. The molecule has 4 nitrogen and oxygen atoms in total. The second-order valence-corrected chi connectivity index (χ2v) is 3.21. The molecule has 0 saturated heterocycles. The summed E-state index contributed by atoms with van der Waals surface area (Å²) in [5, 5.41) is 9.03. The van der Waals surface area contributed by atoms with Crippen LogP contribution in [0.3, 0.4) is 0 Å². The van der Waals surface area contributed by atoms with Gasteiger partial charge < -0.3 is 5.11 Å². The molecule has 1 aromatic heterocycles. The summed E-state index contributed by atoms with van der Waals surface area (Å²) >= 11 is 5.76. The Labute approximate surface area is 85.5 Å². The van der Waals surface area contributed by atoms with Crippen molar-refractivity contribution in [3.05, 3.63) is 28.5 Å². The van der Waals surface area contributed by atoms with Crippen LogP contribution in [0, 0.1) is 0 Å². The molecule has 1 rings (SSSR count). The second-order valence-electron chi connectivity index (χ2n) is 2.80. The van der Waals surface area contributed by atoms with Crippen molar-refractivity contribution in [3.8, 4) is 0 Å². The minimum absolute atomic E-state index is 0.00565. The summed E-state index contributed by atoms with van der Waals surface area (Å²) in [5.74, 6) is -1.33. The minimum atomic E-state index is -1.18. The normalized spacial score (nSPS) is 9.86. The van der Waals surface area contributed by atoms with E-state index in [0.29, 0.717) is 0 Å². The summed E-state index contributed by atoms with van der Waals surface area (Å²) < 4.78 is 0. The Balaban J connectivity index is 3.22. The van der Waals surface area contributed by atoms with Gasteiger partial charge in [-0.25, -0.2) is 9.78 Å². The highest BCUT2D eigenvalue weighted by Gasteiger charge is 2.15. The molecule has 0 radical (unpaired) electrons. The molecule has 1 aromatic rings. The maximum Gasteiger partial charge on any atom is 0.354 e. The Morgan fingerprint density at radius 2 is 2.21 bits per heavy atom. The first-order valence-corrected chi connectivity index (χ1v) is 4.26. The van der Waals surface area contributed by atoms with E-state index in [1.807, 2.05) is 0 Å². The molecule has 0 bridgehead atoms. The molecule has 1 N–H and O–H groups in total. The molecule has 0 saturated carbocycles. The van der Waals surface area contributed by atoms with E-state index in [1.165, 1.54) is 19.2 Å². The number of halogens is 1. The predicted molar refractivity (Wildman–Crippen MR) is 50.6 cm³/mol. The lowest BCUT2D eigenvalue weighted by Crippen LogP contribution is -2.09. The summed E-state index contributed by atoms with van der Waals surface area (Å²) in [6, 6.07) is 1.46. The largest absolute Gasteiger partial charge is 0.477 e. The van der Waals surface area contributed by atoms with Gasteiger partial charge in [-0.15, -0.1) is 0 Å². The molecule has 1 heterocycles. The van der Waals surface area contributed by atoms with Gasteiger partial charge in [0.2, 0.25) is 0 Å². The number of rotatable bonds is 3. The van der Waals surface area contributed by atoms with Gasteiger partial charge in [-0.1, -0.05) is 11.6 Å². The minimum Gasteiger partial charge on any atom is -0.477 e. The van der Waals surface area contributed by atoms with Crippen LogP contribution in [0.5, 0.6) is 0 Å². The number of aromatic nitrogens is 1. The van der Waals surface area contributed by atoms with Crippen molar-refractivity contribution in [2.45, 2.75) is 13.3 Å². The zero-order valence-corrected chi connectivity index (χ0v) is 8.21. The highest BCUT2D eigenvalue weighted by molar-refractivity contribution is 6.32. The SMILES string of the molecule is CC(=O)Cc1c(Cl)ccnc1C(=O)O. The number of carbonyl (C=O) groups is 2. The van der Waals surface area contributed by atoms with Crippen molar-refractivity contribution in [1.29, 1.82) is 0 Å². The number of carbonyl (C=O) groups excluding carboxylic acids is 1. The van der Waals surface area contributed by atoms with Gasteiger partial charge in [-0.05, 0) is 13.0 Å². The Morgan fingerprint density at radius 1 is 1.57 bits per heavy atom. The topological polar surface area (TPSA) is 67.3 Å². The maximum absolute atomic E-state index is 10.9. The van der Waals surface area contributed by atoms with Crippen LogP contribution >= 0.6 is 11.6 Å². The summed E-state index contributed by atoms with van der Waals surface area (Å²) in [6.45, 7) is 1.37. The third-order valence-corrected chi connectivity index (χ3v) is 1.98. The second kappa shape index (κ2) is 4.19. The zero-order chi connectivity index (χ0) is 10.7. The third kappa shape index (κ3) is 2.29. The van der Waals surface area contributed by atoms with Gasteiger partial charge in [0.05, 0.1) is 0 Å². The molecule has 14 heavy (non-hydrogen) atoms. The fraction of sp³-hybridized carbons (Fsp3) is 0.222. The number of Topliss-reactive ketones (excluding diaryl/α,β-unsaturated/α-hetero) is 1. The van der Waals surface area contributed by atoms with Crippen LogP contribution in [-0.2, 0) is 11.2 Å². The highest BCUT2D eigenvalue weighted by atomic mass is 35.5. The molecule has 0 aliphatic rings. The van der Waals surface area contributed by atoms with E-state index < -0.39 is 5.97 Å². The molecular formula is C9H8ClNO3. The van der Waals surface area contributed by atoms with Gasteiger partial charge in [0.1, 0.15) is 5.78 Å². The third-order valence-electron chi connectivity index (χ3n) is 1.63. The molecule has 5 heteroatoms. The fourth-order valence-corrected chi connectivity index (χ4v) is 1.28. The molecule has 0 spiro atoms. The summed E-state index contributed by atoms with van der Waals surface area (Å²) in [5.41, 5.74) is 0.113. The molecule has 0 atom stereocenters. The predicted octanol–water partition coefficient (Wildman–Crippen LogP) is 1.56. The standard InChI is InChI=1S/C9H8ClNO3/c1-5(12)4-6-7(10)2-3-11-8(6)9(13)14/h2-3H,4H2,1H3,(H,13,14). The Hall–Kier alpha value is -1.42. The quantitative estimate of drug-likeness (QED) is 0.828. The molecule has 0 amide bonds. The van der Waals surface area contributed by atoms with Crippen LogP contribution in [0.1, 0.15) is 23.0 Å². The van der Waals surface area contributed by atoms with Crippen molar-refractivity contribution in [2.75, 3.05) is 0 Å². The van der Waals surface area contributed by atoms with Crippen molar-refractivity contribution < 1.29 is 14.7 Å². The van der Waals surface area contributed by atoms with Gasteiger partial charge in [-0.3, -0.25) is 4.79 Å². The number of ketones is 1. The number of carboxylic acid groups (broad SMARTS) is 1. The number of hydrogen-bond acceptors (Lipinski definition) is 3. The monoisotopic (exact) mass is 213 g/mol. The Bertz CT molecular complexity index is 390. The molecular weight excluding hydrogens is 206 g/mol. The first kappa shape index (κ1) is 10.7. The number of carboxylic acids is 1. The van der Waals surface area contributed by atoms with E-state index in [2.05, 4.69) is 4.98 Å². The molecule has 0 unspecified atom stereocenters. The van der Waals surface area contributed by atoms with Crippen molar-refractivity contribution in [1.82, 2.24) is 4.98 Å². The van der Waals surface area contributed by atoms with E-state index in [9.17, 15) is 9.59 Å². The lowest BCUT2D eigenvalue weighted by molar-refractivity contribution is -0.116.